The molecule has 0 atom stereocenters. The number of para-hydroxylation sites is 2. The summed E-state index contributed by atoms with van der Waals surface area (Å²) < 4.78 is 17.4. The number of hydrogen-bond donors (Lipinski definition) is 1. The van der Waals surface area contributed by atoms with E-state index in [1.807, 2.05) is 36.4 Å². The largest absolute Gasteiger partial charge is 0.495 e. The first-order valence-electron chi connectivity index (χ1n) is 8.33. The minimum atomic E-state index is -0.262. The molecular formula is C20H21N3O4. The maximum atomic E-state index is 12.8. The summed E-state index contributed by atoms with van der Waals surface area (Å²) in [5, 5.41) is 3.08. The van der Waals surface area contributed by atoms with Crippen molar-refractivity contribution in [2.24, 2.45) is 0 Å². The Bertz CT molecular complexity index is 985. The molecule has 0 spiro atoms. The molecule has 0 saturated heterocycles. The quantitative estimate of drug-likeness (QED) is 0.692. The zero-order valence-electron chi connectivity index (χ0n) is 15.4. The summed E-state index contributed by atoms with van der Waals surface area (Å²) in [6.45, 7) is 0.415. The van der Waals surface area contributed by atoms with Gasteiger partial charge in [-0.3, -0.25) is 9.36 Å². The topological polar surface area (TPSA) is 74.6 Å². The van der Waals surface area contributed by atoms with Crippen LogP contribution in [0.15, 0.2) is 59.7 Å². The van der Waals surface area contributed by atoms with E-state index >= 15 is 0 Å². The van der Waals surface area contributed by atoms with Gasteiger partial charge in [-0.25, -0.2) is 4.98 Å². The fourth-order valence-corrected chi connectivity index (χ4v) is 2.73. The first kappa shape index (κ1) is 18.3. The fraction of sp³-hybridized carbons (Fsp3) is 0.200. The number of nitrogens with zero attached hydrogens (tertiary/aromatic N) is 2. The lowest BCUT2D eigenvalue weighted by atomic mass is 10.2. The number of hydrogen-bond acceptors (Lipinski definition) is 6. The Morgan fingerprint density at radius 3 is 2.44 bits per heavy atom. The monoisotopic (exact) mass is 367 g/mol. The molecule has 27 heavy (non-hydrogen) atoms. The van der Waals surface area contributed by atoms with Crippen molar-refractivity contribution in [2.45, 2.75) is 6.54 Å². The zero-order valence-corrected chi connectivity index (χ0v) is 15.4. The molecule has 7 heteroatoms. The van der Waals surface area contributed by atoms with Crippen LogP contribution in [0.5, 0.6) is 17.2 Å². The van der Waals surface area contributed by atoms with Crippen LogP contribution in [0.2, 0.25) is 0 Å². The van der Waals surface area contributed by atoms with E-state index in [4.69, 9.17) is 14.2 Å². The average molecular weight is 367 g/mol. The van der Waals surface area contributed by atoms with Crippen LogP contribution in [0.4, 0.5) is 5.82 Å². The van der Waals surface area contributed by atoms with Crippen molar-refractivity contribution in [3.05, 3.63) is 70.8 Å². The van der Waals surface area contributed by atoms with E-state index in [-0.39, 0.29) is 11.4 Å². The number of aromatic nitrogens is 2. The number of ether oxygens (including phenoxy) is 3. The lowest BCUT2D eigenvalue weighted by molar-refractivity contribution is 0.354. The minimum Gasteiger partial charge on any atom is -0.495 e. The third-order valence-corrected chi connectivity index (χ3v) is 4.09. The van der Waals surface area contributed by atoms with Crippen LogP contribution >= 0.6 is 0 Å². The number of rotatable bonds is 7. The SMILES string of the molecule is COc1ccc(CNc2nccn(-c3ccccc3OC)c2=O)cc1OC. The second-order valence-electron chi connectivity index (χ2n) is 5.67. The molecule has 0 fully saturated rings. The predicted octanol–water partition coefficient (Wildman–Crippen LogP) is 2.87. The van der Waals surface area contributed by atoms with E-state index in [2.05, 4.69) is 10.3 Å². The fourth-order valence-electron chi connectivity index (χ4n) is 2.73. The third kappa shape index (κ3) is 3.87. The highest BCUT2D eigenvalue weighted by atomic mass is 16.5. The number of benzene rings is 2. The molecule has 0 unspecified atom stereocenters. The molecule has 3 rings (SSSR count). The summed E-state index contributed by atoms with van der Waals surface area (Å²) in [6.07, 6.45) is 3.19. The summed E-state index contributed by atoms with van der Waals surface area (Å²) in [5.41, 5.74) is 1.32. The lowest BCUT2D eigenvalue weighted by Gasteiger charge is -2.13. The van der Waals surface area contributed by atoms with Gasteiger partial charge in [0.15, 0.2) is 17.3 Å². The van der Waals surface area contributed by atoms with Crippen LogP contribution in [-0.2, 0) is 6.54 Å². The zero-order chi connectivity index (χ0) is 19.2. The Balaban J connectivity index is 1.86. The molecule has 140 valence electrons. The smallest absolute Gasteiger partial charge is 0.297 e. The molecule has 1 aromatic heterocycles. The van der Waals surface area contributed by atoms with Gasteiger partial charge >= 0.3 is 0 Å². The average Bonchev–Trinajstić information content (AvgIpc) is 2.72. The van der Waals surface area contributed by atoms with E-state index < -0.39 is 0 Å². The van der Waals surface area contributed by atoms with Crippen molar-refractivity contribution < 1.29 is 14.2 Å². The van der Waals surface area contributed by atoms with Crippen molar-refractivity contribution in [1.82, 2.24) is 9.55 Å². The number of anilines is 1. The highest BCUT2D eigenvalue weighted by Gasteiger charge is 2.11. The summed E-state index contributed by atoms with van der Waals surface area (Å²) >= 11 is 0. The van der Waals surface area contributed by atoms with Gasteiger partial charge < -0.3 is 19.5 Å². The van der Waals surface area contributed by atoms with E-state index in [1.165, 1.54) is 4.57 Å². The van der Waals surface area contributed by atoms with Gasteiger partial charge in [0.05, 0.1) is 27.0 Å². The second kappa shape index (κ2) is 8.27. The van der Waals surface area contributed by atoms with E-state index in [1.54, 1.807) is 39.8 Å². The van der Waals surface area contributed by atoms with E-state index in [0.717, 1.165) is 5.56 Å². The van der Waals surface area contributed by atoms with Crippen LogP contribution in [-0.4, -0.2) is 30.9 Å². The van der Waals surface area contributed by atoms with Gasteiger partial charge in [-0.15, -0.1) is 0 Å². The Morgan fingerprint density at radius 2 is 1.70 bits per heavy atom. The minimum absolute atomic E-state index is 0.248. The molecule has 0 saturated carbocycles. The van der Waals surface area contributed by atoms with Crippen LogP contribution in [0.1, 0.15) is 5.56 Å². The van der Waals surface area contributed by atoms with Crippen molar-refractivity contribution >= 4 is 5.82 Å². The van der Waals surface area contributed by atoms with Crippen molar-refractivity contribution in [3.8, 4) is 22.9 Å². The first-order valence-corrected chi connectivity index (χ1v) is 8.33. The first-order chi connectivity index (χ1) is 13.2. The van der Waals surface area contributed by atoms with Crippen molar-refractivity contribution in [2.75, 3.05) is 26.6 Å². The Labute approximate surface area is 157 Å². The highest BCUT2D eigenvalue weighted by molar-refractivity contribution is 5.49. The Kier molecular flexibility index (Phi) is 5.61. The van der Waals surface area contributed by atoms with Gasteiger partial charge in [0.1, 0.15) is 5.75 Å². The molecule has 0 amide bonds. The lowest BCUT2D eigenvalue weighted by Crippen LogP contribution is -2.23. The van der Waals surface area contributed by atoms with Gasteiger partial charge in [-0.05, 0) is 29.8 Å². The van der Waals surface area contributed by atoms with E-state index in [9.17, 15) is 4.79 Å². The molecule has 0 bridgehead atoms. The van der Waals surface area contributed by atoms with Crippen LogP contribution in [0.3, 0.4) is 0 Å². The normalized spacial score (nSPS) is 10.3. The maximum Gasteiger partial charge on any atom is 0.297 e. The molecule has 7 nitrogen and oxygen atoms in total. The van der Waals surface area contributed by atoms with Gasteiger partial charge in [0, 0.05) is 18.9 Å². The van der Waals surface area contributed by atoms with Crippen LogP contribution in [0.25, 0.3) is 5.69 Å². The molecule has 3 aromatic rings. The number of methoxy groups -OCH3 is 3. The molecule has 1 heterocycles. The summed E-state index contributed by atoms with van der Waals surface area (Å²) in [4.78, 5) is 17.0. The Morgan fingerprint density at radius 1 is 0.963 bits per heavy atom. The van der Waals surface area contributed by atoms with Crippen molar-refractivity contribution in [3.63, 3.8) is 0 Å². The van der Waals surface area contributed by atoms with Gasteiger partial charge in [-0.2, -0.15) is 0 Å². The standard InChI is InChI=1S/C20H21N3O4/c1-25-16-7-5-4-6-15(16)23-11-10-21-19(20(23)24)22-13-14-8-9-17(26-2)18(12-14)27-3/h4-12H,13H2,1-3H3,(H,21,22). The molecule has 0 aliphatic heterocycles. The second-order valence-corrected chi connectivity index (χ2v) is 5.67. The highest BCUT2D eigenvalue weighted by Crippen LogP contribution is 2.27. The van der Waals surface area contributed by atoms with Gasteiger partial charge in [-0.1, -0.05) is 18.2 Å². The van der Waals surface area contributed by atoms with Crippen molar-refractivity contribution in [1.29, 1.82) is 0 Å². The summed E-state index contributed by atoms with van der Waals surface area (Å²) in [7, 11) is 4.74. The molecule has 1 N–H and O–H groups in total. The molecule has 0 aliphatic rings. The van der Waals surface area contributed by atoms with Crippen LogP contribution < -0.4 is 25.1 Å². The van der Waals surface area contributed by atoms with Gasteiger partial charge in [0.2, 0.25) is 0 Å². The third-order valence-electron chi connectivity index (χ3n) is 4.09. The molecule has 2 aromatic carbocycles. The molecular weight excluding hydrogens is 346 g/mol. The number of nitrogens with one attached hydrogen (secondary N) is 1. The van der Waals surface area contributed by atoms with Crippen LogP contribution in [0, 0.1) is 0 Å². The molecule has 0 aliphatic carbocycles. The summed E-state index contributed by atoms with van der Waals surface area (Å²) in [6, 6.07) is 12.9. The predicted molar refractivity (Wildman–Crippen MR) is 103 cm³/mol. The maximum absolute atomic E-state index is 12.8. The van der Waals surface area contributed by atoms with E-state index in [0.29, 0.717) is 29.5 Å². The molecule has 0 radical (unpaired) electrons. The van der Waals surface area contributed by atoms with Gasteiger partial charge in [0.25, 0.3) is 5.56 Å². The Hall–Kier alpha value is -3.48. The summed E-state index contributed by atoms with van der Waals surface area (Å²) in [5.74, 6) is 2.14.